The van der Waals surface area contributed by atoms with Crippen LogP contribution in [0.25, 0.3) is 5.65 Å². The van der Waals surface area contributed by atoms with Crippen molar-refractivity contribution in [3.63, 3.8) is 0 Å². The Morgan fingerprint density at radius 3 is 2.64 bits per heavy atom. The molecule has 0 saturated carbocycles. The van der Waals surface area contributed by atoms with Crippen molar-refractivity contribution < 1.29 is 14.3 Å². The molecule has 3 aromatic rings. The zero-order valence-corrected chi connectivity index (χ0v) is 14.8. The summed E-state index contributed by atoms with van der Waals surface area (Å²) in [7, 11) is 0. The maximum Gasteiger partial charge on any atom is 0.359 e. The van der Waals surface area contributed by atoms with Crippen LogP contribution in [0.2, 0.25) is 0 Å². The third kappa shape index (κ3) is 3.16. The summed E-state index contributed by atoms with van der Waals surface area (Å²) >= 11 is 3.32. The number of pyridine rings is 1. The number of aromatic nitrogens is 2. The molecule has 1 aromatic carbocycles. The zero-order chi connectivity index (χ0) is 18.0. The fraction of sp³-hybridized carbons (Fsp3) is 0.111. The Morgan fingerprint density at radius 2 is 2.00 bits per heavy atom. The molecule has 0 aliphatic rings. The van der Waals surface area contributed by atoms with Gasteiger partial charge in [0, 0.05) is 16.2 Å². The number of benzene rings is 1. The van der Waals surface area contributed by atoms with Crippen LogP contribution in [-0.4, -0.2) is 27.7 Å². The maximum atomic E-state index is 13.0. The number of esters is 1. The molecule has 0 N–H and O–H groups in total. The summed E-state index contributed by atoms with van der Waals surface area (Å²) in [6, 6.07) is 11.9. The number of ketones is 1. The number of nitriles is 1. The first kappa shape index (κ1) is 16.9. The van der Waals surface area contributed by atoms with E-state index >= 15 is 0 Å². The summed E-state index contributed by atoms with van der Waals surface area (Å²) in [6.07, 6.45) is 1.55. The average Bonchev–Trinajstić information content (AvgIpc) is 3.00. The molecule has 2 heterocycles. The molecule has 0 aliphatic heterocycles. The normalized spacial score (nSPS) is 10.4. The van der Waals surface area contributed by atoms with Gasteiger partial charge in [-0.15, -0.1) is 0 Å². The smallest absolute Gasteiger partial charge is 0.359 e. The Morgan fingerprint density at radius 1 is 1.28 bits per heavy atom. The minimum Gasteiger partial charge on any atom is -0.461 e. The van der Waals surface area contributed by atoms with Crippen molar-refractivity contribution >= 4 is 33.3 Å². The van der Waals surface area contributed by atoms with Crippen LogP contribution in [0, 0.1) is 11.3 Å². The van der Waals surface area contributed by atoms with E-state index < -0.39 is 5.97 Å². The van der Waals surface area contributed by atoms with Crippen LogP contribution in [0.1, 0.15) is 39.0 Å². The van der Waals surface area contributed by atoms with Gasteiger partial charge in [-0.25, -0.2) is 9.78 Å². The monoisotopic (exact) mass is 397 g/mol. The van der Waals surface area contributed by atoms with Crippen LogP contribution in [-0.2, 0) is 4.74 Å². The molecule has 0 spiro atoms. The molecular formula is C18H12BrN3O3. The first-order valence-electron chi connectivity index (χ1n) is 7.44. The lowest BCUT2D eigenvalue weighted by molar-refractivity contribution is 0.0517. The summed E-state index contributed by atoms with van der Waals surface area (Å²) in [5, 5.41) is 9.03. The molecule has 124 valence electrons. The predicted octanol–water partition coefficient (Wildman–Crippen LogP) is 3.38. The second kappa shape index (κ2) is 6.87. The highest BCUT2D eigenvalue weighted by atomic mass is 79.9. The van der Waals surface area contributed by atoms with Crippen molar-refractivity contribution in [3.8, 4) is 6.07 Å². The van der Waals surface area contributed by atoms with E-state index in [1.165, 1.54) is 10.5 Å². The molecule has 0 bridgehead atoms. The molecule has 0 fully saturated rings. The van der Waals surface area contributed by atoms with Gasteiger partial charge in [0.15, 0.2) is 5.69 Å². The Balaban J connectivity index is 2.21. The zero-order valence-electron chi connectivity index (χ0n) is 13.2. The highest BCUT2D eigenvalue weighted by Gasteiger charge is 2.26. The maximum absolute atomic E-state index is 13.0. The number of rotatable bonds is 4. The number of fused-ring (bicyclic) bond motifs is 1. The molecule has 7 heteroatoms. The Bertz CT molecular complexity index is 1020. The van der Waals surface area contributed by atoms with E-state index in [4.69, 9.17) is 10.00 Å². The van der Waals surface area contributed by atoms with Crippen LogP contribution in [0.4, 0.5) is 0 Å². The number of hydrogen-bond donors (Lipinski definition) is 0. The molecule has 25 heavy (non-hydrogen) atoms. The van der Waals surface area contributed by atoms with Crippen LogP contribution in [0.5, 0.6) is 0 Å². The molecule has 0 radical (unpaired) electrons. The SMILES string of the molecule is CCOC(=O)c1nc2cc(C#N)ccn2c1C(=O)c1ccc(Br)cc1. The Kier molecular flexibility index (Phi) is 4.63. The van der Waals surface area contributed by atoms with E-state index in [1.807, 2.05) is 6.07 Å². The van der Waals surface area contributed by atoms with Gasteiger partial charge in [-0.1, -0.05) is 15.9 Å². The molecule has 2 aromatic heterocycles. The molecule has 6 nitrogen and oxygen atoms in total. The highest BCUT2D eigenvalue weighted by molar-refractivity contribution is 9.10. The summed E-state index contributed by atoms with van der Waals surface area (Å²) in [5.41, 5.74) is 1.18. The van der Waals surface area contributed by atoms with Crippen molar-refractivity contribution in [2.75, 3.05) is 6.61 Å². The number of imidazole rings is 1. The van der Waals surface area contributed by atoms with E-state index in [0.29, 0.717) is 16.8 Å². The fourth-order valence-corrected chi connectivity index (χ4v) is 2.68. The third-order valence-electron chi connectivity index (χ3n) is 3.55. The average molecular weight is 398 g/mol. The molecule has 0 amide bonds. The molecule has 0 atom stereocenters. The first-order valence-corrected chi connectivity index (χ1v) is 8.24. The van der Waals surface area contributed by atoms with Gasteiger partial charge >= 0.3 is 5.97 Å². The molecule has 3 rings (SSSR count). The molecule has 0 aliphatic carbocycles. The van der Waals surface area contributed by atoms with E-state index in [2.05, 4.69) is 20.9 Å². The van der Waals surface area contributed by atoms with Gasteiger partial charge in [-0.05, 0) is 43.3 Å². The molecule has 0 unspecified atom stereocenters. The van der Waals surface area contributed by atoms with Gasteiger partial charge in [0.25, 0.3) is 0 Å². The Labute approximate surface area is 151 Å². The van der Waals surface area contributed by atoms with Gasteiger partial charge < -0.3 is 4.74 Å². The van der Waals surface area contributed by atoms with E-state index in [-0.39, 0.29) is 23.8 Å². The topological polar surface area (TPSA) is 84.5 Å². The molecular weight excluding hydrogens is 386 g/mol. The predicted molar refractivity (Wildman–Crippen MR) is 93.4 cm³/mol. The van der Waals surface area contributed by atoms with Gasteiger partial charge in [-0.2, -0.15) is 5.26 Å². The van der Waals surface area contributed by atoms with Crippen LogP contribution < -0.4 is 0 Å². The lowest BCUT2D eigenvalue weighted by Crippen LogP contribution is -2.14. The van der Waals surface area contributed by atoms with Crippen molar-refractivity contribution in [2.45, 2.75) is 6.92 Å². The second-order valence-corrected chi connectivity index (χ2v) is 6.04. The third-order valence-corrected chi connectivity index (χ3v) is 4.07. The lowest BCUT2D eigenvalue weighted by atomic mass is 10.1. The number of ether oxygens (including phenoxy) is 1. The highest BCUT2D eigenvalue weighted by Crippen LogP contribution is 2.20. The van der Waals surface area contributed by atoms with Crippen molar-refractivity contribution in [1.29, 1.82) is 5.26 Å². The van der Waals surface area contributed by atoms with Gasteiger partial charge in [0.05, 0.1) is 18.2 Å². The number of carbonyl (C=O) groups excluding carboxylic acids is 2. The largest absolute Gasteiger partial charge is 0.461 e. The summed E-state index contributed by atoms with van der Waals surface area (Å²) in [5.74, 6) is -1.03. The van der Waals surface area contributed by atoms with Crippen molar-refractivity contribution in [1.82, 2.24) is 9.38 Å². The van der Waals surface area contributed by atoms with E-state index in [1.54, 1.807) is 43.5 Å². The summed E-state index contributed by atoms with van der Waals surface area (Å²) < 4.78 is 7.36. The van der Waals surface area contributed by atoms with Gasteiger partial charge in [0.1, 0.15) is 11.3 Å². The fourth-order valence-electron chi connectivity index (χ4n) is 2.41. The number of hydrogen-bond acceptors (Lipinski definition) is 5. The minimum absolute atomic E-state index is 0.0649. The first-order chi connectivity index (χ1) is 12.0. The lowest BCUT2D eigenvalue weighted by Gasteiger charge is -2.05. The number of carbonyl (C=O) groups is 2. The quantitative estimate of drug-likeness (QED) is 0.497. The summed E-state index contributed by atoms with van der Waals surface area (Å²) in [4.78, 5) is 29.4. The van der Waals surface area contributed by atoms with Crippen LogP contribution in [0.3, 0.4) is 0 Å². The van der Waals surface area contributed by atoms with Crippen molar-refractivity contribution in [3.05, 3.63) is 69.6 Å². The van der Waals surface area contributed by atoms with Gasteiger partial charge in [0.2, 0.25) is 5.78 Å². The second-order valence-electron chi connectivity index (χ2n) is 5.12. The molecule has 0 saturated heterocycles. The van der Waals surface area contributed by atoms with Crippen LogP contribution in [0.15, 0.2) is 47.1 Å². The van der Waals surface area contributed by atoms with Crippen LogP contribution >= 0.6 is 15.9 Å². The van der Waals surface area contributed by atoms with E-state index in [9.17, 15) is 9.59 Å². The minimum atomic E-state index is -0.676. The Hall–Kier alpha value is -2.98. The van der Waals surface area contributed by atoms with E-state index in [0.717, 1.165) is 4.47 Å². The number of nitrogens with zero attached hydrogens (tertiary/aromatic N) is 3. The summed E-state index contributed by atoms with van der Waals surface area (Å²) in [6.45, 7) is 1.85. The number of halogens is 1. The standard InChI is InChI=1S/C18H12BrN3O3/c1-2-25-18(24)15-16(17(23)12-3-5-13(19)6-4-12)22-8-7-11(10-20)9-14(22)21-15/h3-9H,2H2,1H3. The van der Waals surface area contributed by atoms with Crippen molar-refractivity contribution in [2.24, 2.45) is 0 Å². The van der Waals surface area contributed by atoms with Gasteiger partial charge in [-0.3, -0.25) is 9.20 Å².